The van der Waals surface area contributed by atoms with E-state index in [9.17, 15) is 9.59 Å². The van der Waals surface area contributed by atoms with Gasteiger partial charge in [-0.05, 0) is 37.3 Å². The van der Waals surface area contributed by atoms with Crippen LogP contribution in [0.15, 0.2) is 24.3 Å². The lowest BCUT2D eigenvalue weighted by molar-refractivity contribution is -0.127. The summed E-state index contributed by atoms with van der Waals surface area (Å²) < 4.78 is 0. The first-order valence-electron chi connectivity index (χ1n) is 8.42. The van der Waals surface area contributed by atoms with Gasteiger partial charge in [0.05, 0.1) is 0 Å². The molecule has 0 spiro atoms. The minimum absolute atomic E-state index is 0.256. The van der Waals surface area contributed by atoms with Gasteiger partial charge in [0.25, 0.3) is 0 Å². The fourth-order valence-electron chi connectivity index (χ4n) is 3.75. The van der Waals surface area contributed by atoms with Crippen LogP contribution in [0.5, 0.6) is 0 Å². The van der Waals surface area contributed by atoms with Crippen LogP contribution in [0.4, 0.5) is 5.69 Å². The van der Waals surface area contributed by atoms with Crippen molar-refractivity contribution in [2.45, 2.75) is 38.0 Å². The summed E-state index contributed by atoms with van der Waals surface area (Å²) in [6, 6.07) is 8.28. The largest absolute Gasteiger partial charge is 0.343 e. The molecule has 2 fully saturated rings. The number of anilines is 1. The Labute approximate surface area is 131 Å². The van der Waals surface area contributed by atoms with Crippen LogP contribution in [0.1, 0.15) is 43.6 Å². The lowest BCUT2D eigenvalue weighted by Crippen LogP contribution is -2.32. The minimum Gasteiger partial charge on any atom is -0.343 e. The van der Waals surface area contributed by atoms with Gasteiger partial charge in [-0.25, -0.2) is 0 Å². The Morgan fingerprint density at radius 2 is 2.05 bits per heavy atom. The molecule has 4 rings (SSSR count). The number of likely N-dealkylation sites (tertiary alicyclic amines) is 1. The van der Waals surface area contributed by atoms with Gasteiger partial charge in [0, 0.05) is 43.6 Å². The van der Waals surface area contributed by atoms with Crippen molar-refractivity contribution in [3.8, 4) is 0 Å². The molecule has 0 aromatic heterocycles. The van der Waals surface area contributed by atoms with Gasteiger partial charge in [-0.15, -0.1) is 0 Å². The topological polar surface area (TPSA) is 40.6 Å². The van der Waals surface area contributed by atoms with Crippen LogP contribution in [0.3, 0.4) is 0 Å². The maximum atomic E-state index is 12.5. The summed E-state index contributed by atoms with van der Waals surface area (Å²) in [5.74, 6) is 1.21. The molecule has 4 nitrogen and oxygen atoms in total. The smallest absolute Gasteiger partial charge is 0.230 e. The third-order valence-corrected chi connectivity index (χ3v) is 5.18. The van der Waals surface area contributed by atoms with Crippen molar-refractivity contribution in [3.05, 3.63) is 29.8 Å². The molecule has 22 heavy (non-hydrogen) atoms. The van der Waals surface area contributed by atoms with Crippen LogP contribution in [0.25, 0.3) is 0 Å². The SMILES string of the molecule is O=C1CCCN1CC[C@H]1CN(C(=O)C2CC2)c2ccccc21. The van der Waals surface area contributed by atoms with E-state index in [0.29, 0.717) is 18.2 Å². The van der Waals surface area contributed by atoms with Crippen LogP contribution in [-0.2, 0) is 9.59 Å². The van der Waals surface area contributed by atoms with Gasteiger partial charge in [0.2, 0.25) is 11.8 Å². The second kappa shape index (κ2) is 5.41. The number of benzene rings is 1. The molecule has 1 atom stereocenters. The number of amides is 2. The lowest BCUT2D eigenvalue weighted by Gasteiger charge is -2.20. The van der Waals surface area contributed by atoms with Crippen LogP contribution in [0.2, 0.25) is 0 Å². The van der Waals surface area contributed by atoms with Crippen LogP contribution >= 0.6 is 0 Å². The summed E-state index contributed by atoms with van der Waals surface area (Å²) in [5.41, 5.74) is 2.38. The summed E-state index contributed by atoms with van der Waals surface area (Å²) in [6.45, 7) is 2.51. The second-order valence-corrected chi connectivity index (χ2v) is 6.75. The molecular formula is C18H22N2O2. The number of fused-ring (bicyclic) bond motifs is 1. The Hall–Kier alpha value is -1.84. The normalized spacial score (nSPS) is 24.0. The number of para-hydroxylation sites is 1. The van der Waals surface area contributed by atoms with E-state index in [1.165, 1.54) is 5.56 Å². The monoisotopic (exact) mass is 298 g/mol. The highest BCUT2D eigenvalue weighted by Gasteiger charge is 2.39. The van der Waals surface area contributed by atoms with E-state index in [0.717, 1.165) is 51.0 Å². The first-order chi connectivity index (χ1) is 10.7. The highest BCUT2D eigenvalue weighted by Crippen LogP contribution is 2.41. The highest BCUT2D eigenvalue weighted by atomic mass is 16.2. The maximum Gasteiger partial charge on any atom is 0.230 e. The Kier molecular flexibility index (Phi) is 3.40. The zero-order chi connectivity index (χ0) is 15.1. The van der Waals surface area contributed by atoms with E-state index < -0.39 is 0 Å². The third kappa shape index (κ3) is 2.40. The van der Waals surface area contributed by atoms with Gasteiger partial charge in [-0.1, -0.05) is 18.2 Å². The van der Waals surface area contributed by atoms with E-state index in [1.807, 2.05) is 15.9 Å². The average Bonchev–Trinajstić information content (AvgIpc) is 3.21. The molecule has 0 bridgehead atoms. The van der Waals surface area contributed by atoms with Crippen molar-refractivity contribution in [2.24, 2.45) is 5.92 Å². The van der Waals surface area contributed by atoms with Crippen molar-refractivity contribution >= 4 is 17.5 Å². The van der Waals surface area contributed by atoms with E-state index in [2.05, 4.69) is 18.2 Å². The number of rotatable bonds is 4. The van der Waals surface area contributed by atoms with Crippen LogP contribution in [0, 0.1) is 5.92 Å². The van der Waals surface area contributed by atoms with E-state index in [1.54, 1.807) is 0 Å². The molecule has 0 radical (unpaired) electrons. The molecule has 1 aromatic carbocycles. The molecule has 3 aliphatic rings. The van der Waals surface area contributed by atoms with E-state index in [-0.39, 0.29) is 11.8 Å². The number of nitrogens with zero attached hydrogens (tertiary/aromatic N) is 2. The predicted molar refractivity (Wildman–Crippen MR) is 84.7 cm³/mol. The summed E-state index contributed by atoms with van der Waals surface area (Å²) in [4.78, 5) is 28.2. The maximum absolute atomic E-state index is 12.5. The molecule has 116 valence electrons. The molecule has 2 amide bonds. The quantitative estimate of drug-likeness (QED) is 0.857. The van der Waals surface area contributed by atoms with Gasteiger partial charge in [-0.3, -0.25) is 9.59 Å². The standard InChI is InChI=1S/C18H22N2O2/c21-17-6-3-10-19(17)11-9-14-12-20(18(22)13-7-8-13)16-5-2-1-4-15(14)16/h1-2,4-5,13-14H,3,6-12H2/t14-/m0/s1. The molecule has 1 aromatic rings. The van der Waals surface area contributed by atoms with Crippen LogP contribution in [-0.4, -0.2) is 36.3 Å². The van der Waals surface area contributed by atoms with E-state index in [4.69, 9.17) is 0 Å². The van der Waals surface area contributed by atoms with Gasteiger partial charge in [-0.2, -0.15) is 0 Å². The average molecular weight is 298 g/mol. The summed E-state index contributed by atoms with van der Waals surface area (Å²) in [5, 5.41) is 0. The fourth-order valence-corrected chi connectivity index (χ4v) is 3.75. The lowest BCUT2D eigenvalue weighted by atomic mass is 9.98. The molecule has 1 saturated carbocycles. The predicted octanol–water partition coefficient (Wildman–Crippen LogP) is 2.54. The molecule has 0 N–H and O–H groups in total. The summed E-state index contributed by atoms with van der Waals surface area (Å²) in [7, 11) is 0. The fraction of sp³-hybridized carbons (Fsp3) is 0.556. The molecule has 1 saturated heterocycles. The summed E-state index contributed by atoms with van der Waals surface area (Å²) in [6.07, 6.45) is 4.74. The molecule has 2 aliphatic heterocycles. The molecule has 0 unspecified atom stereocenters. The Morgan fingerprint density at radius 1 is 1.23 bits per heavy atom. The zero-order valence-corrected chi connectivity index (χ0v) is 12.8. The van der Waals surface area contributed by atoms with Gasteiger partial charge < -0.3 is 9.80 Å². The molecule has 2 heterocycles. The van der Waals surface area contributed by atoms with Gasteiger partial charge in [0.15, 0.2) is 0 Å². The van der Waals surface area contributed by atoms with E-state index >= 15 is 0 Å². The van der Waals surface area contributed by atoms with Gasteiger partial charge in [0.1, 0.15) is 0 Å². The van der Waals surface area contributed by atoms with Crippen molar-refractivity contribution in [2.75, 3.05) is 24.5 Å². The minimum atomic E-state index is 0.256. The number of hydrogen-bond donors (Lipinski definition) is 0. The summed E-state index contributed by atoms with van der Waals surface area (Å²) >= 11 is 0. The van der Waals surface area contributed by atoms with Crippen molar-refractivity contribution in [3.63, 3.8) is 0 Å². The first-order valence-corrected chi connectivity index (χ1v) is 8.42. The zero-order valence-electron chi connectivity index (χ0n) is 12.8. The second-order valence-electron chi connectivity index (χ2n) is 6.75. The first kappa shape index (κ1) is 13.8. The third-order valence-electron chi connectivity index (χ3n) is 5.18. The molecular weight excluding hydrogens is 276 g/mol. The number of carbonyl (C=O) groups is 2. The number of carbonyl (C=O) groups excluding carboxylic acids is 2. The molecule has 4 heteroatoms. The van der Waals surface area contributed by atoms with Crippen molar-refractivity contribution in [1.82, 2.24) is 4.90 Å². The van der Waals surface area contributed by atoms with Crippen LogP contribution < -0.4 is 4.90 Å². The Balaban J connectivity index is 1.49. The van der Waals surface area contributed by atoms with Gasteiger partial charge >= 0.3 is 0 Å². The molecule has 1 aliphatic carbocycles. The highest BCUT2D eigenvalue weighted by molar-refractivity contribution is 5.98. The Bertz CT molecular complexity index is 609. The van der Waals surface area contributed by atoms with Crippen molar-refractivity contribution in [1.29, 1.82) is 0 Å². The van der Waals surface area contributed by atoms with Crippen molar-refractivity contribution < 1.29 is 9.59 Å². The number of hydrogen-bond acceptors (Lipinski definition) is 2. The Morgan fingerprint density at radius 3 is 2.77 bits per heavy atom.